The van der Waals surface area contributed by atoms with Crippen LogP contribution in [-0.4, -0.2) is 24.7 Å². The lowest BCUT2D eigenvalue weighted by atomic mass is 10.1. The summed E-state index contributed by atoms with van der Waals surface area (Å²) in [5.41, 5.74) is 3.87. The molecule has 0 radical (unpaired) electrons. The number of aromatic nitrogens is 1. The molecule has 1 aliphatic carbocycles. The Bertz CT molecular complexity index is 480. The van der Waals surface area contributed by atoms with Crippen molar-refractivity contribution >= 4 is 22.7 Å². The van der Waals surface area contributed by atoms with Crippen LogP contribution in [0.15, 0.2) is 6.20 Å². The van der Waals surface area contributed by atoms with Crippen LogP contribution in [0.2, 0.25) is 0 Å². The van der Waals surface area contributed by atoms with Crippen LogP contribution in [0.1, 0.15) is 12.0 Å². The number of halogens is 1. The van der Waals surface area contributed by atoms with Crippen molar-refractivity contribution in [1.82, 2.24) is 10.4 Å². The quantitative estimate of drug-likeness (QED) is 0.495. The van der Waals surface area contributed by atoms with Gasteiger partial charge in [-0.3, -0.25) is 11.3 Å². The number of hydrazine groups is 1. The van der Waals surface area contributed by atoms with Gasteiger partial charge < -0.3 is 9.72 Å². The summed E-state index contributed by atoms with van der Waals surface area (Å²) in [7, 11) is 1.70. The Hall–Kier alpha value is -0.810. The Kier molecular flexibility index (Phi) is 3.66. The third-order valence-electron chi connectivity index (χ3n) is 2.85. The van der Waals surface area contributed by atoms with Crippen LogP contribution in [0.4, 0.5) is 0 Å². The van der Waals surface area contributed by atoms with Gasteiger partial charge in [0.15, 0.2) is 0 Å². The first-order chi connectivity index (χ1) is 7.76. The Morgan fingerprint density at radius 2 is 2.50 bits per heavy atom. The van der Waals surface area contributed by atoms with Gasteiger partial charge >= 0.3 is 0 Å². The van der Waals surface area contributed by atoms with Crippen LogP contribution in [0.3, 0.4) is 0 Å². The van der Waals surface area contributed by atoms with Crippen molar-refractivity contribution in [1.29, 1.82) is 0 Å². The van der Waals surface area contributed by atoms with Gasteiger partial charge in [0.05, 0.1) is 11.5 Å². The maximum absolute atomic E-state index is 6.21. The van der Waals surface area contributed by atoms with Crippen molar-refractivity contribution in [2.24, 2.45) is 5.84 Å². The Labute approximate surface area is 99.1 Å². The molecular weight excluding hydrogens is 226 g/mol. The Morgan fingerprint density at radius 3 is 3.19 bits per heavy atom. The van der Waals surface area contributed by atoms with Gasteiger partial charge in [0.2, 0.25) is 0 Å². The highest BCUT2D eigenvalue weighted by atomic mass is 35.5. The summed E-state index contributed by atoms with van der Waals surface area (Å²) in [6.45, 7) is 0.743. The molecule has 88 valence electrons. The van der Waals surface area contributed by atoms with E-state index >= 15 is 0 Å². The molecule has 4 N–H and O–H groups in total. The molecule has 2 rings (SSSR count). The number of methoxy groups -OCH3 is 1. The van der Waals surface area contributed by atoms with E-state index in [1.807, 2.05) is 6.20 Å². The van der Waals surface area contributed by atoms with Crippen LogP contribution in [0, 0.1) is 0 Å². The summed E-state index contributed by atoms with van der Waals surface area (Å²) >= 11 is 6.21. The molecule has 1 heterocycles. The average molecular weight is 242 g/mol. The molecule has 0 saturated carbocycles. The van der Waals surface area contributed by atoms with Gasteiger partial charge in [-0.25, -0.2) is 0 Å². The van der Waals surface area contributed by atoms with E-state index < -0.39 is 0 Å². The van der Waals surface area contributed by atoms with Crippen LogP contribution in [-0.2, 0) is 11.2 Å². The van der Waals surface area contributed by atoms with E-state index in [2.05, 4.69) is 16.5 Å². The number of rotatable bonds is 4. The predicted octanol–water partition coefficient (Wildman–Crippen LogP) is -0.433. The number of fused-ring (bicyclic) bond motifs is 1. The van der Waals surface area contributed by atoms with Gasteiger partial charge in [-0.15, -0.1) is 0 Å². The van der Waals surface area contributed by atoms with E-state index in [0.29, 0.717) is 0 Å². The van der Waals surface area contributed by atoms with E-state index in [4.69, 9.17) is 22.2 Å². The zero-order chi connectivity index (χ0) is 11.5. The maximum Gasteiger partial charge on any atom is 0.0811 e. The number of H-pyrrole nitrogens is 1. The zero-order valence-corrected chi connectivity index (χ0v) is 9.97. The Morgan fingerprint density at radius 1 is 1.69 bits per heavy atom. The third kappa shape index (κ3) is 2.15. The van der Waals surface area contributed by atoms with Crippen LogP contribution < -0.4 is 21.8 Å². The molecule has 1 aromatic heterocycles. The molecule has 0 aromatic carbocycles. The van der Waals surface area contributed by atoms with Crippen molar-refractivity contribution in [2.45, 2.75) is 18.9 Å². The molecule has 0 aliphatic heterocycles. The number of ether oxygens (including phenoxy) is 1. The highest BCUT2D eigenvalue weighted by Gasteiger charge is 2.14. The first kappa shape index (κ1) is 11.7. The Balaban J connectivity index is 2.42. The van der Waals surface area contributed by atoms with Crippen molar-refractivity contribution in [3.8, 4) is 0 Å². The topological polar surface area (TPSA) is 63.1 Å². The van der Waals surface area contributed by atoms with Crippen LogP contribution >= 0.6 is 11.6 Å². The fourth-order valence-electron chi connectivity index (χ4n) is 1.98. The summed E-state index contributed by atoms with van der Waals surface area (Å²) in [5, 5.41) is 3.00. The molecule has 1 unspecified atom stereocenters. The summed E-state index contributed by atoms with van der Waals surface area (Å²) in [5.74, 6) is 5.28. The summed E-state index contributed by atoms with van der Waals surface area (Å²) in [6, 6.07) is 0. The van der Waals surface area contributed by atoms with E-state index in [1.54, 1.807) is 7.11 Å². The van der Waals surface area contributed by atoms with Crippen molar-refractivity contribution in [3.05, 3.63) is 22.3 Å². The van der Waals surface area contributed by atoms with Gasteiger partial charge in [0.25, 0.3) is 0 Å². The number of hydrogen-bond donors (Lipinski definition) is 3. The van der Waals surface area contributed by atoms with Gasteiger partial charge in [0.1, 0.15) is 0 Å². The second-order valence-electron chi connectivity index (χ2n) is 3.86. The molecule has 16 heavy (non-hydrogen) atoms. The zero-order valence-electron chi connectivity index (χ0n) is 9.22. The van der Waals surface area contributed by atoms with Gasteiger partial charge in [-0.05, 0) is 18.1 Å². The highest BCUT2D eigenvalue weighted by molar-refractivity contribution is 6.45. The van der Waals surface area contributed by atoms with E-state index in [0.717, 1.165) is 35.0 Å². The van der Waals surface area contributed by atoms with Crippen molar-refractivity contribution in [2.75, 3.05) is 13.7 Å². The third-order valence-corrected chi connectivity index (χ3v) is 3.19. The lowest BCUT2D eigenvalue weighted by molar-refractivity contribution is 0.156. The van der Waals surface area contributed by atoms with Gasteiger partial charge in [-0.2, -0.15) is 0 Å². The molecular formula is C11H16ClN3O. The van der Waals surface area contributed by atoms with Gasteiger partial charge in [-0.1, -0.05) is 11.6 Å². The molecule has 0 bridgehead atoms. The maximum atomic E-state index is 6.21. The molecule has 1 atom stereocenters. The van der Waals surface area contributed by atoms with E-state index in [1.165, 1.54) is 5.56 Å². The fourth-order valence-corrected chi connectivity index (χ4v) is 2.29. The molecule has 5 heteroatoms. The molecule has 0 spiro atoms. The molecule has 1 aliphatic rings. The standard InChI is InChI=1S/C11H16ClN3O/c1-16-8-4-9-7(2-3-15-13)6-14-11(9)10(12)5-8/h4,6,8,14-15H,2-3,5,13H2,1H3. The lowest BCUT2D eigenvalue weighted by Crippen LogP contribution is -2.35. The minimum absolute atomic E-state index is 0.0698. The van der Waals surface area contributed by atoms with Crippen LogP contribution in [0.25, 0.3) is 11.1 Å². The van der Waals surface area contributed by atoms with Crippen LogP contribution in [0.5, 0.6) is 0 Å². The number of aromatic amines is 1. The minimum atomic E-state index is 0.0698. The molecule has 4 nitrogen and oxygen atoms in total. The number of nitrogens with two attached hydrogens (primary N) is 1. The van der Waals surface area contributed by atoms with E-state index in [9.17, 15) is 0 Å². The lowest BCUT2D eigenvalue weighted by Gasteiger charge is -2.13. The summed E-state index contributed by atoms with van der Waals surface area (Å²) in [4.78, 5) is 3.21. The normalized spacial score (nSPS) is 19.4. The minimum Gasteiger partial charge on any atom is -0.377 e. The first-order valence-electron chi connectivity index (χ1n) is 5.29. The monoisotopic (exact) mass is 241 g/mol. The van der Waals surface area contributed by atoms with Crippen molar-refractivity contribution in [3.63, 3.8) is 0 Å². The highest BCUT2D eigenvalue weighted by Crippen LogP contribution is 2.15. The SMILES string of the molecule is COC1C=c2c(CCNN)c[nH]c2=C(Cl)C1. The second kappa shape index (κ2) is 5.01. The number of nitrogens with one attached hydrogen (secondary N) is 2. The van der Waals surface area contributed by atoms with Gasteiger partial charge in [0, 0.05) is 36.5 Å². The number of hydrogen-bond acceptors (Lipinski definition) is 3. The largest absolute Gasteiger partial charge is 0.377 e. The summed E-state index contributed by atoms with van der Waals surface area (Å²) in [6.07, 6.45) is 5.78. The smallest absolute Gasteiger partial charge is 0.0811 e. The molecule has 0 saturated heterocycles. The van der Waals surface area contributed by atoms with Crippen molar-refractivity contribution < 1.29 is 4.74 Å². The predicted molar refractivity (Wildman–Crippen MR) is 65.1 cm³/mol. The fraction of sp³-hybridized carbons (Fsp3) is 0.455. The second-order valence-corrected chi connectivity index (χ2v) is 4.31. The summed E-state index contributed by atoms with van der Waals surface area (Å²) < 4.78 is 5.33. The van der Waals surface area contributed by atoms with E-state index in [-0.39, 0.29) is 6.10 Å². The molecule has 0 amide bonds. The molecule has 0 fully saturated rings. The molecule has 1 aromatic rings. The average Bonchev–Trinajstić information content (AvgIpc) is 2.70. The first-order valence-corrected chi connectivity index (χ1v) is 5.67.